The number of allylic oxidation sites excluding steroid dienone is 4. The van der Waals surface area contributed by atoms with Gasteiger partial charge in [-0.2, -0.15) is 0 Å². The van der Waals surface area contributed by atoms with Gasteiger partial charge in [-0.25, -0.2) is 0 Å². The van der Waals surface area contributed by atoms with Crippen LogP contribution >= 0.6 is 0 Å². The second-order valence-electron chi connectivity index (χ2n) is 9.46. The van der Waals surface area contributed by atoms with Gasteiger partial charge in [0.05, 0.1) is 5.69 Å². The number of hydrogen-bond donors (Lipinski definition) is 4. The first kappa shape index (κ1) is 25.7. The lowest BCUT2D eigenvalue weighted by Crippen LogP contribution is -2.15. The van der Waals surface area contributed by atoms with E-state index in [1.807, 2.05) is 43.6 Å². The number of nitrogens with zero attached hydrogens (tertiary/aromatic N) is 1. The number of aliphatic hydroxyl groups is 1. The summed E-state index contributed by atoms with van der Waals surface area (Å²) >= 11 is 0. The fraction of sp³-hybridized carbons (Fsp3) is 0.188. The summed E-state index contributed by atoms with van der Waals surface area (Å²) < 4.78 is 0. The number of benzene rings is 2. The normalized spacial score (nSPS) is 14.2. The first-order valence-electron chi connectivity index (χ1n) is 12.4. The number of rotatable bonds is 8. The van der Waals surface area contributed by atoms with Gasteiger partial charge < -0.3 is 21.1 Å². The van der Waals surface area contributed by atoms with Gasteiger partial charge in [0.25, 0.3) is 0 Å². The average Bonchev–Trinajstić information content (AvgIpc) is 2.89. The fourth-order valence-electron chi connectivity index (χ4n) is 4.97. The third-order valence-corrected chi connectivity index (χ3v) is 6.95. The largest absolute Gasteiger partial charge is 0.508 e. The van der Waals surface area contributed by atoms with Crippen LogP contribution in [0.25, 0.3) is 22.5 Å². The van der Waals surface area contributed by atoms with E-state index in [1.54, 1.807) is 6.20 Å². The number of aryl methyl sites for hydroxylation is 1. The molecule has 0 radical (unpaired) electrons. The van der Waals surface area contributed by atoms with Gasteiger partial charge in [-0.05, 0) is 84.4 Å². The van der Waals surface area contributed by atoms with Crippen molar-refractivity contribution in [3.05, 3.63) is 119 Å². The smallest absolute Gasteiger partial charge is 0.117 e. The van der Waals surface area contributed by atoms with Crippen molar-refractivity contribution in [3.8, 4) is 0 Å². The molecule has 4 N–H and O–H groups in total. The number of fused-ring (bicyclic) bond motifs is 1. The van der Waals surface area contributed by atoms with Gasteiger partial charge in [0.15, 0.2) is 0 Å². The molecule has 1 aliphatic carbocycles. The van der Waals surface area contributed by atoms with Crippen LogP contribution in [-0.4, -0.2) is 23.4 Å². The van der Waals surface area contributed by atoms with Gasteiger partial charge in [-0.1, -0.05) is 49.1 Å². The van der Waals surface area contributed by atoms with E-state index in [2.05, 4.69) is 67.7 Å². The fourth-order valence-corrected chi connectivity index (χ4v) is 4.97. The molecule has 0 aliphatic heterocycles. The van der Waals surface area contributed by atoms with E-state index < -0.39 is 0 Å². The highest BCUT2D eigenvalue weighted by molar-refractivity contribution is 6.07. The maximum Gasteiger partial charge on any atom is 0.117 e. The Morgan fingerprint density at radius 3 is 2.57 bits per heavy atom. The molecule has 0 saturated heterocycles. The molecule has 1 aromatic heterocycles. The summed E-state index contributed by atoms with van der Waals surface area (Å²) in [5, 5.41) is 24.3. The van der Waals surface area contributed by atoms with Crippen molar-refractivity contribution in [2.45, 2.75) is 33.2 Å². The van der Waals surface area contributed by atoms with Gasteiger partial charge in [-0.3, -0.25) is 4.98 Å². The van der Waals surface area contributed by atoms with Crippen LogP contribution in [0.5, 0.6) is 0 Å². The topological polar surface area (TPSA) is 81.0 Å². The molecule has 4 rings (SSSR count). The number of pyridine rings is 1. The highest BCUT2D eigenvalue weighted by Crippen LogP contribution is 2.42. The first-order chi connectivity index (χ1) is 17.7. The Bertz CT molecular complexity index is 1440. The first-order valence-corrected chi connectivity index (χ1v) is 12.4. The lowest BCUT2D eigenvalue weighted by atomic mass is 9.77. The molecule has 0 spiro atoms. The highest BCUT2D eigenvalue weighted by Gasteiger charge is 2.25. The maximum absolute atomic E-state index is 10.1. The van der Waals surface area contributed by atoms with Crippen LogP contribution in [0.15, 0.2) is 79.7 Å². The van der Waals surface area contributed by atoms with E-state index in [0.29, 0.717) is 5.56 Å². The molecule has 2 aromatic carbocycles. The van der Waals surface area contributed by atoms with Crippen molar-refractivity contribution in [1.29, 1.82) is 5.41 Å². The van der Waals surface area contributed by atoms with Crippen molar-refractivity contribution in [1.82, 2.24) is 10.3 Å². The maximum atomic E-state index is 10.1. The highest BCUT2D eigenvalue weighted by atomic mass is 16.3. The molecule has 37 heavy (non-hydrogen) atoms. The zero-order valence-electron chi connectivity index (χ0n) is 21.9. The Morgan fingerprint density at radius 1 is 1.16 bits per heavy atom. The lowest BCUT2D eigenvalue weighted by Gasteiger charge is -2.29. The van der Waals surface area contributed by atoms with E-state index in [0.717, 1.165) is 34.5 Å². The van der Waals surface area contributed by atoms with Crippen LogP contribution in [0, 0.1) is 12.3 Å². The molecule has 0 saturated carbocycles. The lowest BCUT2D eigenvalue weighted by molar-refractivity contribution is 0.514. The number of para-hydroxylation sites is 1. The predicted octanol–water partition coefficient (Wildman–Crippen LogP) is 7.34. The molecule has 0 amide bonds. The van der Waals surface area contributed by atoms with E-state index in [1.165, 1.54) is 39.6 Å². The van der Waals surface area contributed by atoms with Crippen LogP contribution in [0.3, 0.4) is 0 Å². The van der Waals surface area contributed by atoms with Gasteiger partial charge >= 0.3 is 0 Å². The summed E-state index contributed by atoms with van der Waals surface area (Å²) in [6, 6.07) is 16.1. The Labute approximate surface area is 219 Å². The second-order valence-corrected chi connectivity index (χ2v) is 9.46. The summed E-state index contributed by atoms with van der Waals surface area (Å²) in [5.41, 5.74) is 12.3. The number of anilines is 1. The standard InChI is InChI=1S/C32H34N4O/c1-19-13-28-21(3)20(2)27(24-11-12-31(35-18-24)25(16-33)17-34-6)15-30(28)29(14-19)22(4)36-32-10-8-7-9-26(32)23(5)37/h7-14,16-18,22,33-34,36-37H,3,5,15H2,1-2,4,6H3/b25-17+,33-16?. The number of aromatic nitrogens is 1. The minimum absolute atomic E-state index is 0.0102. The van der Waals surface area contributed by atoms with Gasteiger partial charge in [0, 0.05) is 48.5 Å². The van der Waals surface area contributed by atoms with E-state index in [-0.39, 0.29) is 11.8 Å². The molecule has 0 bridgehead atoms. The third-order valence-electron chi connectivity index (χ3n) is 6.95. The molecule has 5 nitrogen and oxygen atoms in total. The summed E-state index contributed by atoms with van der Waals surface area (Å²) in [7, 11) is 1.81. The van der Waals surface area contributed by atoms with E-state index >= 15 is 0 Å². The van der Waals surface area contributed by atoms with Gasteiger partial charge in [0.2, 0.25) is 0 Å². The Kier molecular flexibility index (Phi) is 7.44. The zero-order valence-corrected chi connectivity index (χ0v) is 21.9. The van der Waals surface area contributed by atoms with Crippen LogP contribution in [0.1, 0.15) is 59.0 Å². The number of aliphatic hydroxyl groups excluding tert-OH is 1. The molecule has 5 heteroatoms. The molecule has 0 fully saturated rings. The zero-order chi connectivity index (χ0) is 26.7. The van der Waals surface area contributed by atoms with Crippen molar-refractivity contribution < 1.29 is 5.11 Å². The third kappa shape index (κ3) is 5.12. The van der Waals surface area contributed by atoms with Gasteiger partial charge in [0.1, 0.15) is 5.76 Å². The predicted molar refractivity (Wildman–Crippen MR) is 157 cm³/mol. The summed E-state index contributed by atoms with van der Waals surface area (Å²) in [5.74, 6) is 0.0440. The average molecular weight is 491 g/mol. The minimum Gasteiger partial charge on any atom is -0.508 e. The van der Waals surface area contributed by atoms with Crippen molar-refractivity contribution >= 4 is 34.4 Å². The van der Waals surface area contributed by atoms with Crippen molar-refractivity contribution in [3.63, 3.8) is 0 Å². The monoisotopic (exact) mass is 490 g/mol. The molecule has 3 aromatic rings. The van der Waals surface area contributed by atoms with Crippen LogP contribution < -0.4 is 10.6 Å². The van der Waals surface area contributed by atoms with Crippen LogP contribution in [0.2, 0.25) is 0 Å². The Morgan fingerprint density at radius 2 is 1.92 bits per heavy atom. The second kappa shape index (κ2) is 10.7. The molecule has 1 unspecified atom stereocenters. The number of hydrogen-bond acceptors (Lipinski definition) is 5. The molecule has 1 aliphatic rings. The Balaban J connectivity index is 1.72. The SMILES string of the molecule is C=C(O)c1ccccc1NC(C)c1cc(C)cc2c1CC(c1ccc(/C(C=N)=C/NC)nc1)=C(C)C2=C. The number of nitrogens with one attached hydrogen (secondary N) is 3. The molecular weight excluding hydrogens is 456 g/mol. The summed E-state index contributed by atoms with van der Waals surface area (Å²) in [6.07, 6.45) is 5.72. The van der Waals surface area contributed by atoms with E-state index in [4.69, 9.17) is 5.41 Å². The van der Waals surface area contributed by atoms with Gasteiger partial charge in [-0.15, -0.1) is 0 Å². The molecular formula is C32H34N4O. The summed E-state index contributed by atoms with van der Waals surface area (Å²) in [4.78, 5) is 4.65. The van der Waals surface area contributed by atoms with Crippen LogP contribution in [0.4, 0.5) is 5.69 Å². The molecule has 188 valence electrons. The van der Waals surface area contributed by atoms with Crippen molar-refractivity contribution in [2.75, 3.05) is 12.4 Å². The quantitative estimate of drug-likeness (QED) is 0.197. The van der Waals surface area contributed by atoms with Crippen molar-refractivity contribution in [2.24, 2.45) is 0 Å². The minimum atomic E-state index is -0.0102. The summed E-state index contributed by atoms with van der Waals surface area (Å²) in [6.45, 7) is 14.6. The molecule has 1 atom stereocenters. The Hall–Kier alpha value is -4.38. The van der Waals surface area contributed by atoms with E-state index in [9.17, 15) is 5.11 Å². The molecule has 1 heterocycles. The van der Waals surface area contributed by atoms with Crippen LogP contribution in [-0.2, 0) is 6.42 Å².